The summed E-state index contributed by atoms with van der Waals surface area (Å²) in [5.74, 6) is 0.464. The molecule has 6 heteroatoms. The highest BCUT2D eigenvalue weighted by atomic mass is 16.5. The molecule has 0 radical (unpaired) electrons. The first kappa shape index (κ1) is 16.7. The minimum absolute atomic E-state index is 0.230. The van der Waals surface area contributed by atoms with E-state index in [1.165, 1.54) is 5.56 Å². The fourth-order valence-corrected chi connectivity index (χ4v) is 2.52. The van der Waals surface area contributed by atoms with Gasteiger partial charge in [0, 0.05) is 26.7 Å². The summed E-state index contributed by atoms with van der Waals surface area (Å²) >= 11 is 0. The molecule has 1 aliphatic heterocycles. The van der Waals surface area contributed by atoms with Gasteiger partial charge < -0.3 is 20.5 Å². The number of rotatable bonds is 7. The van der Waals surface area contributed by atoms with Gasteiger partial charge in [-0.3, -0.25) is 9.89 Å². The van der Waals surface area contributed by atoms with Gasteiger partial charge >= 0.3 is 0 Å². The summed E-state index contributed by atoms with van der Waals surface area (Å²) in [7, 11) is 1.67. The molecule has 0 spiro atoms. The van der Waals surface area contributed by atoms with Crippen LogP contribution in [0.5, 0.6) is 0 Å². The Bertz CT molecular complexity index is 447. The van der Waals surface area contributed by atoms with Crippen LogP contribution in [0.15, 0.2) is 35.3 Å². The normalized spacial score (nSPS) is 18.1. The summed E-state index contributed by atoms with van der Waals surface area (Å²) < 4.78 is 10.4. The van der Waals surface area contributed by atoms with Gasteiger partial charge in [-0.2, -0.15) is 0 Å². The molecule has 3 N–H and O–H groups in total. The minimum Gasteiger partial charge on any atom is -0.383 e. The van der Waals surface area contributed by atoms with E-state index in [9.17, 15) is 0 Å². The standard InChI is InChI=1S/C16H26N4O2/c1-21-10-7-18-16(17)19-13-15(14-5-3-2-4-6-14)20-8-11-22-12-9-20/h2-6,15H,7-13H2,1H3,(H3,17,18,19). The number of nitrogens with one attached hydrogen (secondary N) is 1. The van der Waals surface area contributed by atoms with Crippen LogP contribution in [-0.4, -0.2) is 64.0 Å². The first-order valence-electron chi connectivity index (χ1n) is 7.70. The molecular formula is C16H26N4O2. The maximum Gasteiger partial charge on any atom is 0.188 e. The number of aliphatic imine (C=N–C) groups is 1. The first-order valence-corrected chi connectivity index (χ1v) is 7.70. The molecule has 2 rings (SSSR count). The molecule has 1 atom stereocenters. The summed E-state index contributed by atoms with van der Waals surface area (Å²) in [5, 5.41) is 3.05. The van der Waals surface area contributed by atoms with Gasteiger partial charge in [0.05, 0.1) is 32.4 Å². The number of hydrogen-bond donors (Lipinski definition) is 2. The van der Waals surface area contributed by atoms with Crippen LogP contribution >= 0.6 is 0 Å². The second kappa shape index (κ2) is 9.40. The molecule has 0 bridgehead atoms. The second-order valence-corrected chi connectivity index (χ2v) is 5.22. The van der Waals surface area contributed by atoms with E-state index in [-0.39, 0.29) is 6.04 Å². The number of guanidine groups is 1. The van der Waals surface area contributed by atoms with Crippen LogP contribution in [0.25, 0.3) is 0 Å². The summed E-state index contributed by atoms with van der Waals surface area (Å²) in [6.07, 6.45) is 0. The lowest BCUT2D eigenvalue weighted by molar-refractivity contribution is 0.0180. The van der Waals surface area contributed by atoms with Crippen molar-refractivity contribution in [3.05, 3.63) is 35.9 Å². The van der Waals surface area contributed by atoms with Crippen molar-refractivity contribution in [3.8, 4) is 0 Å². The zero-order valence-electron chi connectivity index (χ0n) is 13.2. The average molecular weight is 306 g/mol. The summed E-state index contributed by atoms with van der Waals surface area (Å²) in [6, 6.07) is 10.7. The van der Waals surface area contributed by atoms with E-state index in [2.05, 4.69) is 39.5 Å². The molecule has 6 nitrogen and oxygen atoms in total. The molecular weight excluding hydrogens is 280 g/mol. The third-order valence-corrected chi connectivity index (χ3v) is 3.72. The van der Waals surface area contributed by atoms with Crippen LogP contribution in [0.2, 0.25) is 0 Å². The smallest absolute Gasteiger partial charge is 0.188 e. The van der Waals surface area contributed by atoms with E-state index in [0.717, 1.165) is 26.3 Å². The van der Waals surface area contributed by atoms with Crippen molar-refractivity contribution in [3.63, 3.8) is 0 Å². The predicted octanol–water partition coefficient (Wildman–Crippen LogP) is 0.611. The van der Waals surface area contributed by atoms with Crippen molar-refractivity contribution in [1.29, 1.82) is 0 Å². The Labute approximate surface area is 132 Å². The van der Waals surface area contributed by atoms with Gasteiger partial charge in [0.1, 0.15) is 0 Å². The number of methoxy groups -OCH3 is 1. The highest BCUT2D eigenvalue weighted by Crippen LogP contribution is 2.22. The molecule has 1 aromatic carbocycles. The van der Waals surface area contributed by atoms with Gasteiger partial charge in [0.15, 0.2) is 5.96 Å². The number of nitrogens with two attached hydrogens (primary N) is 1. The Morgan fingerprint density at radius 3 is 2.77 bits per heavy atom. The fourth-order valence-electron chi connectivity index (χ4n) is 2.52. The lowest BCUT2D eigenvalue weighted by Crippen LogP contribution is -2.41. The van der Waals surface area contributed by atoms with Gasteiger partial charge in [-0.1, -0.05) is 30.3 Å². The van der Waals surface area contributed by atoms with E-state index in [1.807, 2.05) is 6.07 Å². The SMILES string of the molecule is COCCNC(N)=NCC(c1ccccc1)N1CCOCC1. The Morgan fingerprint density at radius 1 is 1.36 bits per heavy atom. The Morgan fingerprint density at radius 2 is 2.09 bits per heavy atom. The second-order valence-electron chi connectivity index (χ2n) is 5.22. The van der Waals surface area contributed by atoms with Crippen molar-refractivity contribution >= 4 is 5.96 Å². The Hall–Kier alpha value is -1.63. The zero-order chi connectivity index (χ0) is 15.6. The quantitative estimate of drug-likeness (QED) is 0.439. The molecule has 0 amide bonds. The monoisotopic (exact) mass is 306 g/mol. The van der Waals surface area contributed by atoms with E-state index >= 15 is 0 Å². The number of nitrogens with zero attached hydrogens (tertiary/aromatic N) is 2. The predicted molar refractivity (Wildman–Crippen MR) is 87.9 cm³/mol. The molecule has 122 valence electrons. The number of hydrogen-bond acceptors (Lipinski definition) is 4. The van der Waals surface area contributed by atoms with E-state index in [1.54, 1.807) is 7.11 Å². The van der Waals surface area contributed by atoms with Crippen molar-refractivity contribution < 1.29 is 9.47 Å². The highest BCUT2D eigenvalue weighted by Gasteiger charge is 2.22. The van der Waals surface area contributed by atoms with Crippen LogP contribution in [0.1, 0.15) is 11.6 Å². The third kappa shape index (κ3) is 5.29. The van der Waals surface area contributed by atoms with Gasteiger partial charge in [-0.15, -0.1) is 0 Å². The highest BCUT2D eigenvalue weighted by molar-refractivity contribution is 5.77. The molecule has 22 heavy (non-hydrogen) atoms. The van der Waals surface area contributed by atoms with Crippen molar-refractivity contribution in [2.75, 3.05) is 53.1 Å². The molecule has 0 saturated carbocycles. The fraction of sp³-hybridized carbons (Fsp3) is 0.562. The summed E-state index contributed by atoms with van der Waals surface area (Å²) in [5.41, 5.74) is 7.17. The van der Waals surface area contributed by atoms with Gasteiger partial charge in [-0.25, -0.2) is 0 Å². The number of benzene rings is 1. The maximum absolute atomic E-state index is 5.91. The molecule has 1 aliphatic rings. The van der Waals surface area contributed by atoms with Crippen LogP contribution in [0.3, 0.4) is 0 Å². The average Bonchev–Trinajstić information content (AvgIpc) is 2.57. The molecule has 0 aromatic heterocycles. The van der Waals surface area contributed by atoms with Gasteiger partial charge in [0.25, 0.3) is 0 Å². The van der Waals surface area contributed by atoms with E-state index in [0.29, 0.717) is 25.7 Å². The van der Waals surface area contributed by atoms with Crippen molar-refractivity contribution in [2.24, 2.45) is 10.7 Å². The van der Waals surface area contributed by atoms with E-state index < -0.39 is 0 Å². The first-order chi connectivity index (χ1) is 10.8. The Balaban J connectivity index is 1.99. The largest absolute Gasteiger partial charge is 0.383 e. The summed E-state index contributed by atoms with van der Waals surface area (Å²) in [4.78, 5) is 6.90. The number of morpholine rings is 1. The topological polar surface area (TPSA) is 72.1 Å². The van der Waals surface area contributed by atoms with Crippen molar-refractivity contribution in [1.82, 2.24) is 10.2 Å². The lowest BCUT2D eigenvalue weighted by atomic mass is 10.1. The lowest BCUT2D eigenvalue weighted by Gasteiger charge is -2.34. The van der Waals surface area contributed by atoms with Gasteiger partial charge in [0.2, 0.25) is 0 Å². The zero-order valence-corrected chi connectivity index (χ0v) is 13.2. The number of ether oxygens (including phenoxy) is 2. The van der Waals surface area contributed by atoms with Crippen LogP contribution in [0.4, 0.5) is 0 Å². The van der Waals surface area contributed by atoms with E-state index in [4.69, 9.17) is 15.2 Å². The molecule has 1 heterocycles. The van der Waals surface area contributed by atoms with Crippen LogP contribution < -0.4 is 11.1 Å². The molecule has 1 saturated heterocycles. The van der Waals surface area contributed by atoms with Crippen molar-refractivity contribution in [2.45, 2.75) is 6.04 Å². The third-order valence-electron chi connectivity index (χ3n) is 3.72. The Kier molecular flexibility index (Phi) is 7.15. The minimum atomic E-state index is 0.230. The van der Waals surface area contributed by atoms with Gasteiger partial charge in [-0.05, 0) is 5.56 Å². The van der Waals surface area contributed by atoms with Crippen LogP contribution in [-0.2, 0) is 9.47 Å². The van der Waals surface area contributed by atoms with Crippen LogP contribution in [0, 0.1) is 0 Å². The molecule has 1 unspecified atom stereocenters. The maximum atomic E-state index is 5.91. The molecule has 1 fully saturated rings. The molecule has 1 aromatic rings. The summed E-state index contributed by atoms with van der Waals surface area (Å²) in [6.45, 7) is 5.30. The molecule has 0 aliphatic carbocycles.